The lowest BCUT2D eigenvalue weighted by molar-refractivity contribution is -0.148. The third-order valence-electron chi connectivity index (χ3n) is 3.65. The van der Waals surface area contributed by atoms with Crippen LogP contribution in [0.25, 0.3) is 0 Å². The maximum absolute atomic E-state index is 11.9. The fraction of sp³-hybridized carbons (Fsp3) is 0.263. The molecular formula is C19H19Cl2NO3. The van der Waals surface area contributed by atoms with Crippen LogP contribution in [0.3, 0.4) is 0 Å². The number of esters is 1. The second-order valence-electron chi connectivity index (χ2n) is 5.61. The van der Waals surface area contributed by atoms with E-state index in [0.29, 0.717) is 16.5 Å². The number of aryl methyl sites for hydroxylation is 1. The molecule has 4 nitrogen and oxygen atoms in total. The summed E-state index contributed by atoms with van der Waals surface area (Å²) in [6.07, 6.45) is 0.820. The van der Waals surface area contributed by atoms with Crippen molar-refractivity contribution in [1.29, 1.82) is 0 Å². The van der Waals surface area contributed by atoms with Crippen molar-refractivity contribution in [1.82, 2.24) is 5.32 Å². The number of nitrogens with one attached hydrogen (secondary N) is 1. The van der Waals surface area contributed by atoms with Crippen LogP contribution in [0.15, 0.2) is 48.5 Å². The highest BCUT2D eigenvalue weighted by Gasteiger charge is 2.13. The normalized spacial score (nSPS) is 11.6. The first-order chi connectivity index (χ1) is 12.0. The van der Waals surface area contributed by atoms with E-state index in [4.69, 9.17) is 27.9 Å². The molecule has 132 valence electrons. The lowest BCUT2D eigenvalue weighted by Crippen LogP contribution is -2.31. The molecule has 1 N–H and O–H groups in total. The van der Waals surface area contributed by atoms with Crippen LogP contribution >= 0.6 is 23.2 Å². The van der Waals surface area contributed by atoms with Crippen molar-refractivity contribution < 1.29 is 14.3 Å². The van der Waals surface area contributed by atoms with E-state index in [1.807, 2.05) is 37.3 Å². The van der Waals surface area contributed by atoms with Crippen LogP contribution in [0.1, 0.15) is 30.5 Å². The maximum Gasteiger partial charge on any atom is 0.306 e. The summed E-state index contributed by atoms with van der Waals surface area (Å²) in [5, 5.41) is 3.63. The van der Waals surface area contributed by atoms with Gasteiger partial charge in [0.1, 0.15) is 0 Å². The molecule has 0 fully saturated rings. The number of carbonyl (C=O) groups excluding carboxylic acids is 2. The molecule has 6 heteroatoms. The molecule has 25 heavy (non-hydrogen) atoms. The van der Waals surface area contributed by atoms with Crippen LogP contribution in [0.2, 0.25) is 10.0 Å². The Labute approximate surface area is 157 Å². The molecule has 0 aromatic heterocycles. The fourth-order valence-electron chi connectivity index (χ4n) is 2.26. The van der Waals surface area contributed by atoms with E-state index in [1.54, 1.807) is 18.2 Å². The molecule has 0 radical (unpaired) electrons. The van der Waals surface area contributed by atoms with E-state index in [1.165, 1.54) is 0 Å². The Morgan fingerprint density at radius 2 is 1.80 bits per heavy atom. The predicted molar refractivity (Wildman–Crippen MR) is 98.7 cm³/mol. The van der Waals surface area contributed by atoms with E-state index in [2.05, 4.69) is 5.32 Å². The lowest BCUT2D eigenvalue weighted by Gasteiger charge is -2.15. The molecule has 0 aliphatic rings. The van der Waals surface area contributed by atoms with Crippen LogP contribution in [0, 0.1) is 0 Å². The molecular weight excluding hydrogens is 361 g/mol. The summed E-state index contributed by atoms with van der Waals surface area (Å²) in [6.45, 7) is 1.51. The van der Waals surface area contributed by atoms with Gasteiger partial charge in [0.05, 0.1) is 16.1 Å². The predicted octanol–water partition coefficient (Wildman–Crippen LogP) is 4.35. The topological polar surface area (TPSA) is 55.4 Å². The van der Waals surface area contributed by atoms with Crippen molar-refractivity contribution in [3.63, 3.8) is 0 Å². The first kappa shape index (κ1) is 19.3. The van der Waals surface area contributed by atoms with Crippen molar-refractivity contribution in [3.8, 4) is 0 Å². The van der Waals surface area contributed by atoms with Crippen molar-refractivity contribution in [3.05, 3.63) is 69.7 Å². The second kappa shape index (κ2) is 9.44. The minimum atomic E-state index is -0.402. The zero-order valence-corrected chi connectivity index (χ0v) is 15.3. The van der Waals surface area contributed by atoms with Gasteiger partial charge in [-0.2, -0.15) is 0 Å². The Hall–Kier alpha value is -2.04. The van der Waals surface area contributed by atoms with Crippen molar-refractivity contribution in [2.45, 2.75) is 25.8 Å². The lowest BCUT2D eigenvalue weighted by atomic mass is 10.1. The Morgan fingerprint density at radius 1 is 1.08 bits per heavy atom. The summed E-state index contributed by atoms with van der Waals surface area (Å²) < 4.78 is 5.01. The zero-order chi connectivity index (χ0) is 18.2. The molecule has 2 rings (SSSR count). The van der Waals surface area contributed by atoms with Crippen LogP contribution < -0.4 is 5.32 Å². The number of amides is 1. The van der Waals surface area contributed by atoms with Gasteiger partial charge in [0.2, 0.25) is 0 Å². The van der Waals surface area contributed by atoms with Gasteiger partial charge in [-0.25, -0.2) is 0 Å². The third kappa shape index (κ3) is 6.40. The molecule has 2 aromatic rings. The summed E-state index contributed by atoms with van der Waals surface area (Å²) in [5.74, 6) is -0.771. The average molecular weight is 380 g/mol. The second-order valence-corrected chi connectivity index (χ2v) is 6.42. The van der Waals surface area contributed by atoms with Crippen molar-refractivity contribution in [2.75, 3.05) is 6.61 Å². The van der Waals surface area contributed by atoms with E-state index in [0.717, 1.165) is 11.1 Å². The summed E-state index contributed by atoms with van der Waals surface area (Å²) in [6, 6.07) is 14.5. The van der Waals surface area contributed by atoms with Gasteiger partial charge >= 0.3 is 5.97 Å². The first-order valence-corrected chi connectivity index (χ1v) is 8.65. The number of hydrogen-bond acceptors (Lipinski definition) is 3. The average Bonchev–Trinajstić information content (AvgIpc) is 2.61. The van der Waals surface area contributed by atoms with Crippen LogP contribution in [0.5, 0.6) is 0 Å². The van der Waals surface area contributed by atoms with Crippen LogP contribution in [-0.4, -0.2) is 18.5 Å². The summed E-state index contributed by atoms with van der Waals surface area (Å²) in [5.41, 5.74) is 1.87. The smallest absolute Gasteiger partial charge is 0.306 e. The monoisotopic (exact) mass is 379 g/mol. The number of ether oxygens (including phenoxy) is 1. The summed E-state index contributed by atoms with van der Waals surface area (Å²) >= 11 is 11.8. The third-order valence-corrected chi connectivity index (χ3v) is 4.39. The highest BCUT2D eigenvalue weighted by atomic mass is 35.5. The number of halogens is 2. The molecule has 1 atom stereocenters. The van der Waals surface area contributed by atoms with Crippen molar-refractivity contribution in [2.24, 2.45) is 0 Å². The number of hydrogen-bond donors (Lipinski definition) is 1. The van der Waals surface area contributed by atoms with Gasteiger partial charge in [-0.15, -0.1) is 0 Å². The van der Waals surface area contributed by atoms with Gasteiger partial charge in [-0.1, -0.05) is 59.6 Å². The molecule has 0 heterocycles. The van der Waals surface area contributed by atoms with Crippen LogP contribution in [0.4, 0.5) is 0 Å². The molecule has 0 unspecified atom stereocenters. The Bertz CT molecular complexity index is 735. The molecule has 2 aromatic carbocycles. The molecule has 1 amide bonds. The van der Waals surface area contributed by atoms with Gasteiger partial charge in [-0.3, -0.25) is 9.59 Å². The number of benzene rings is 2. The zero-order valence-electron chi connectivity index (χ0n) is 13.8. The Morgan fingerprint density at radius 3 is 2.48 bits per heavy atom. The minimum Gasteiger partial charge on any atom is -0.456 e. The molecule has 0 spiro atoms. The van der Waals surface area contributed by atoms with Crippen molar-refractivity contribution >= 4 is 35.1 Å². The Balaban J connectivity index is 1.74. The van der Waals surface area contributed by atoms with E-state index >= 15 is 0 Å². The summed E-state index contributed by atoms with van der Waals surface area (Å²) in [7, 11) is 0. The Kier molecular flexibility index (Phi) is 7.29. The number of rotatable bonds is 7. The highest BCUT2D eigenvalue weighted by Crippen LogP contribution is 2.25. The fourth-order valence-corrected chi connectivity index (χ4v) is 2.56. The van der Waals surface area contributed by atoms with Gasteiger partial charge in [-0.05, 0) is 36.6 Å². The van der Waals surface area contributed by atoms with E-state index < -0.39 is 5.97 Å². The molecule has 0 aliphatic heterocycles. The molecule has 0 saturated carbocycles. The van der Waals surface area contributed by atoms with Gasteiger partial charge in [0.15, 0.2) is 6.61 Å². The maximum atomic E-state index is 11.9. The largest absolute Gasteiger partial charge is 0.456 e. The summed E-state index contributed by atoms with van der Waals surface area (Å²) in [4.78, 5) is 23.6. The molecule has 0 bridgehead atoms. The molecule has 0 saturated heterocycles. The SMILES string of the molecule is C[C@H](NC(=O)COC(=O)CCc1ccccc1)c1ccc(Cl)c(Cl)c1. The van der Waals surface area contributed by atoms with E-state index in [-0.39, 0.29) is 25.0 Å². The van der Waals surface area contributed by atoms with Gasteiger partial charge < -0.3 is 10.1 Å². The van der Waals surface area contributed by atoms with Gasteiger partial charge in [0, 0.05) is 6.42 Å². The molecule has 0 aliphatic carbocycles. The highest BCUT2D eigenvalue weighted by molar-refractivity contribution is 6.42. The minimum absolute atomic E-state index is 0.236. The number of carbonyl (C=O) groups is 2. The van der Waals surface area contributed by atoms with Gasteiger partial charge in [0.25, 0.3) is 5.91 Å². The standard InChI is InChI=1S/C19H19Cl2NO3/c1-13(15-8-9-16(20)17(21)11-15)22-18(23)12-25-19(24)10-7-14-5-3-2-4-6-14/h2-6,8-9,11,13H,7,10,12H2,1H3,(H,22,23)/t13-/m0/s1. The first-order valence-electron chi connectivity index (χ1n) is 7.89. The van der Waals surface area contributed by atoms with E-state index in [9.17, 15) is 9.59 Å². The quantitative estimate of drug-likeness (QED) is 0.727. The van der Waals surface area contributed by atoms with Crippen LogP contribution in [-0.2, 0) is 20.7 Å².